The minimum absolute atomic E-state index is 0.0378. The maximum Gasteiger partial charge on any atom is 0.335 e. The zero-order valence-electron chi connectivity index (χ0n) is 11.6. The third-order valence-electron chi connectivity index (χ3n) is 2.83. The number of rotatable bonds is 5. The van der Waals surface area contributed by atoms with Crippen LogP contribution >= 0.6 is 0 Å². The van der Waals surface area contributed by atoms with Crippen LogP contribution in [0.1, 0.15) is 29.3 Å². The molecule has 104 valence electrons. The van der Waals surface area contributed by atoms with E-state index in [1.54, 1.807) is 48.2 Å². The fourth-order valence-electron chi connectivity index (χ4n) is 1.82. The summed E-state index contributed by atoms with van der Waals surface area (Å²) in [7, 11) is 3.51. The molecule has 2 amide bonds. The van der Waals surface area contributed by atoms with Crippen molar-refractivity contribution in [3.63, 3.8) is 0 Å². The van der Waals surface area contributed by atoms with Gasteiger partial charge < -0.3 is 14.9 Å². The Labute approximate surface area is 113 Å². The number of carboxylic acid groups (broad SMARTS) is 1. The van der Waals surface area contributed by atoms with Crippen molar-refractivity contribution in [2.24, 2.45) is 0 Å². The highest BCUT2D eigenvalue weighted by Crippen LogP contribution is 2.08. The second-order valence-electron chi connectivity index (χ2n) is 4.56. The molecule has 0 aliphatic heterocycles. The van der Waals surface area contributed by atoms with Gasteiger partial charge in [0, 0.05) is 27.2 Å². The maximum atomic E-state index is 12.0. The van der Waals surface area contributed by atoms with E-state index in [9.17, 15) is 9.59 Å². The van der Waals surface area contributed by atoms with Gasteiger partial charge in [-0.3, -0.25) is 0 Å². The van der Waals surface area contributed by atoms with Crippen LogP contribution < -0.4 is 0 Å². The molecule has 0 aliphatic carbocycles. The first-order valence-corrected chi connectivity index (χ1v) is 6.24. The first-order valence-electron chi connectivity index (χ1n) is 6.24. The van der Waals surface area contributed by atoms with Gasteiger partial charge in [0.15, 0.2) is 0 Å². The van der Waals surface area contributed by atoms with Crippen molar-refractivity contribution in [2.75, 3.05) is 20.6 Å². The van der Waals surface area contributed by atoms with Gasteiger partial charge in [0.2, 0.25) is 0 Å². The van der Waals surface area contributed by atoms with Crippen LogP contribution in [0.25, 0.3) is 0 Å². The Balaban J connectivity index is 2.63. The molecule has 5 heteroatoms. The Bertz CT molecular complexity index is 443. The van der Waals surface area contributed by atoms with E-state index in [0.29, 0.717) is 6.54 Å². The van der Waals surface area contributed by atoms with E-state index in [1.165, 1.54) is 0 Å². The number of aromatic carboxylic acids is 1. The number of carbonyl (C=O) groups is 2. The number of hydrogen-bond donors (Lipinski definition) is 1. The Morgan fingerprint density at radius 1 is 1.11 bits per heavy atom. The summed E-state index contributed by atoms with van der Waals surface area (Å²) in [6.45, 7) is 3.21. The molecule has 0 unspecified atom stereocenters. The molecular weight excluding hydrogens is 244 g/mol. The molecule has 0 saturated heterocycles. The lowest BCUT2D eigenvalue weighted by atomic mass is 10.1. The van der Waals surface area contributed by atoms with Gasteiger partial charge in [0.1, 0.15) is 0 Å². The Hall–Kier alpha value is -2.04. The summed E-state index contributed by atoms with van der Waals surface area (Å²) in [5, 5.41) is 8.81. The molecule has 1 rings (SSSR count). The number of carbonyl (C=O) groups excluding carboxylic acids is 1. The number of urea groups is 1. The molecule has 0 saturated carbocycles. The largest absolute Gasteiger partial charge is 0.478 e. The minimum atomic E-state index is -0.946. The average Bonchev–Trinajstić information content (AvgIpc) is 2.38. The van der Waals surface area contributed by atoms with E-state index in [2.05, 4.69) is 0 Å². The fourth-order valence-corrected chi connectivity index (χ4v) is 1.82. The Morgan fingerprint density at radius 2 is 1.68 bits per heavy atom. The lowest BCUT2D eigenvalue weighted by Gasteiger charge is -2.24. The number of benzene rings is 1. The molecule has 1 aromatic carbocycles. The minimum Gasteiger partial charge on any atom is -0.478 e. The highest BCUT2D eigenvalue weighted by Gasteiger charge is 2.13. The fraction of sp³-hybridized carbons (Fsp3) is 0.429. The second kappa shape index (κ2) is 6.78. The molecule has 19 heavy (non-hydrogen) atoms. The number of carboxylic acids is 1. The van der Waals surface area contributed by atoms with Crippen LogP contribution in [-0.4, -0.2) is 47.5 Å². The topological polar surface area (TPSA) is 60.9 Å². The van der Waals surface area contributed by atoms with Crippen molar-refractivity contribution in [3.05, 3.63) is 35.4 Å². The smallest absolute Gasteiger partial charge is 0.335 e. The highest BCUT2D eigenvalue weighted by molar-refractivity contribution is 5.87. The monoisotopic (exact) mass is 264 g/mol. The third kappa shape index (κ3) is 4.28. The Morgan fingerprint density at radius 3 is 2.16 bits per heavy atom. The van der Waals surface area contributed by atoms with Gasteiger partial charge in [0.25, 0.3) is 0 Å². The van der Waals surface area contributed by atoms with Crippen LogP contribution in [0.15, 0.2) is 24.3 Å². The lowest BCUT2D eigenvalue weighted by Crippen LogP contribution is -2.38. The van der Waals surface area contributed by atoms with E-state index in [4.69, 9.17) is 5.11 Å². The highest BCUT2D eigenvalue weighted by atomic mass is 16.4. The average molecular weight is 264 g/mol. The van der Waals surface area contributed by atoms with E-state index in [0.717, 1.165) is 18.5 Å². The van der Waals surface area contributed by atoms with Gasteiger partial charge in [-0.05, 0) is 24.1 Å². The summed E-state index contributed by atoms with van der Waals surface area (Å²) in [5.74, 6) is -0.946. The number of nitrogens with zero attached hydrogens (tertiary/aromatic N) is 2. The molecule has 0 atom stereocenters. The third-order valence-corrected chi connectivity index (χ3v) is 2.83. The molecule has 1 aromatic rings. The summed E-state index contributed by atoms with van der Waals surface area (Å²) >= 11 is 0. The van der Waals surface area contributed by atoms with Crippen molar-refractivity contribution in [1.29, 1.82) is 0 Å². The lowest BCUT2D eigenvalue weighted by molar-refractivity contribution is 0.0697. The van der Waals surface area contributed by atoms with Gasteiger partial charge in [-0.2, -0.15) is 0 Å². The molecule has 0 aromatic heterocycles. The van der Waals surface area contributed by atoms with Gasteiger partial charge in [0.05, 0.1) is 5.56 Å². The first-order chi connectivity index (χ1) is 8.95. The number of hydrogen-bond acceptors (Lipinski definition) is 2. The summed E-state index contributed by atoms with van der Waals surface area (Å²) in [4.78, 5) is 26.0. The van der Waals surface area contributed by atoms with Crippen LogP contribution in [0.3, 0.4) is 0 Å². The van der Waals surface area contributed by atoms with Gasteiger partial charge in [-0.15, -0.1) is 0 Å². The Kier molecular flexibility index (Phi) is 5.36. The molecule has 1 N–H and O–H groups in total. The van der Waals surface area contributed by atoms with E-state index in [-0.39, 0.29) is 11.6 Å². The van der Waals surface area contributed by atoms with Gasteiger partial charge in [-0.1, -0.05) is 19.1 Å². The van der Waals surface area contributed by atoms with Crippen molar-refractivity contribution >= 4 is 12.0 Å². The summed E-state index contributed by atoms with van der Waals surface area (Å²) < 4.78 is 0. The zero-order chi connectivity index (χ0) is 14.4. The van der Waals surface area contributed by atoms with E-state index < -0.39 is 5.97 Å². The molecule has 0 fully saturated rings. The number of amides is 2. The SMILES string of the molecule is CCCN(C)C(=O)N(C)Cc1ccc(C(=O)O)cc1. The van der Waals surface area contributed by atoms with Crippen LogP contribution in [0.4, 0.5) is 4.79 Å². The molecule has 0 bridgehead atoms. The van der Waals surface area contributed by atoms with Gasteiger partial charge >= 0.3 is 12.0 Å². The quantitative estimate of drug-likeness (QED) is 0.887. The van der Waals surface area contributed by atoms with Crippen LogP contribution in [0.2, 0.25) is 0 Å². The standard InChI is InChI=1S/C14H20N2O3/c1-4-9-15(2)14(19)16(3)10-11-5-7-12(8-6-11)13(17)18/h5-8H,4,9-10H2,1-3H3,(H,17,18). The molecule has 5 nitrogen and oxygen atoms in total. The predicted molar refractivity (Wildman–Crippen MR) is 73.2 cm³/mol. The molecule has 0 aliphatic rings. The second-order valence-corrected chi connectivity index (χ2v) is 4.56. The maximum absolute atomic E-state index is 12.0. The van der Waals surface area contributed by atoms with E-state index in [1.807, 2.05) is 6.92 Å². The normalized spacial score (nSPS) is 10.1. The first kappa shape index (κ1) is 15.0. The predicted octanol–water partition coefficient (Wildman–Crippen LogP) is 2.28. The molecule has 0 spiro atoms. The molecular formula is C14H20N2O3. The van der Waals surface area contributed by atoms with Gasteiger partial charge in [-0.25, -0.2) is 9.59 Å². The van der Waals surface area contributed by atoms with Crippen LogP contribution in [0, 0.1) is 0 Å². The summed E-state index contributed by atoms with van der Waals surface area (Å²) in [6, 6.07) is 6.52. The van der Waals surface area contributed by atoms with E-state index >= 15 is 0 Å². The van der Waals surface area contributed by atoms with Crippen LogP contribution in [0.5, 0.6) is 0 Å². The molecule has 0 radical (unpaired) electrons. The van der Waals surface area contributed by atoms with Crippen molar-refractivity contribution in [1.82, 2.24) is 9.80 Å². The van der Waals surface area contributed by atoms with Crippen molar-refractivity contribution in [3.8, 4) is 0 Å². The van der Waals surface area contributed by atoms with Crippen LogP contribution in [-0.2, 0) is 6.54 Å². The van der Waals surface area contributed by atoms with Crippen molar-refractivity contribution in [2.45, 2.75) is 19.9 Å². The molecule has 0 heterocycles. The zero-order valence-corrected chi connectivity index (χ0v) is 11.6. The summed E-state index contributed by atoms with van der Waals surface area (Å²) in [5.41, 5.74) is 1.16. The summed E-state index contributed by atoms with van der Waals surface area (Å²) in [6.07, 6.45) is 0.920. The van der Waals surface area contributed by atoms with Crippen molar-refractivity contribution < 1.29 is 14.7 Å².